The molecule has 8 nitrogen and oxygen atoms in total. The molecule has 1 aliphatic heterocycles. The minimum Gasteiger partial charge on any atom is -0.326 e. The number of nitrogens with one attached hydrogen (secondary N) is 2. The lowest BCUT2D eigenvalue weighted by Gasteiger charge is -2.20. The van der Waals surface area contributed by atoms with Crippen LogP contribution in [-0.4, -0.2) is 40.2 Å². The van der Waals surface area contributed by atoms with E-state index in [0.29, 0.717) is 28.1 Å². The highest BCUT2D eigenvalue weighted by atomic mass is 32.1. The van der Waals surface area contributed by atoms with Gasteiger partial charge < -0.3 is 15.1 Å². The third-order valence-electron chi connectivity index (χ3n) is 3.67. The molecule has 2 N–H and O–H groups in total. The Morgan fingerprint density at radius 3 is 2.87 bits per heavy atom. The maximum atomic E-state index is 12.6. The summed E-state index contributed by atoms with van der Waals surface area (Å²) in [7, 11) is 3.62. The van der Waals surface area contributed by atoms with Gasteiger partial charge in [-0.2, -0.15) is 10.1 Å². The van der Waals surface area contributed by atoms with Gasteiger partial charge in [0.15, 0.2) is 11.6 Å². The molecule has 0 fully saturated rings. The smallest absolute Gasteiger partial charge is 0.270 e. The van der Waals surface area contributed by atoms with E-state index in [2.05, 4.69) is 25.5 Å². The second-order valence-corrected chi connectivity index (χ2v) is 5.96. The number of H-pyrrole nitrogens is 1. The number of carbonyl (C=O) groups is 1. The van der Waals surface area contributed by atoms with Crippen LogP contribution in [0.5, 0.6) is 0 Å². The SMILES string of the molecule is CN1C(=O)c2sccc2N(C)c2nc(Nc3cc[nH]n3)ncc21. The zero-order chi connectivity index (χ0) is 16.0. The van der Waals surface area contributed by atoms with Gasteiger partial charge in [-0.25, -0.2) is 4.98 Å². The molecule has 0 radical (unpaired) electrons. The monoisotopic (exact) mass is 327 g/mol. The number of rotatable bonds is 2. The molecule has 0 spiro atoms. The van der Waals surface area contributed by atoms with Crippen LogP contribution in [0.15, 0.2) is 29.9 Å². The second kappa shape index (κ2) is 5.06. The number of hydrogen-bond donors (Lipinski definition) is 2. The van der Waals surface area contributed by atoms with E-state index in [1.165, 1.54) is 11.3 Å². The van der Waals surface area contributed by atoms with Crippen LogP contribution in [0.25, 0.3) is 0 Å². The summed E-state index contributed by atoms with van der Waals surface area (Å²) in [5.41, 5.74) is 1.50. The first-order chi connectivity index (χ1) is 11.1. The molecular weight excluding hydrogens is 314 g/mol. The van der Waals surface area contributed by atoms with E-state index in [1.807, 2.05) is 23.4 Å². The molecule has 0 atom stereocenters. The van der Waals surface area contributed by atoms with Crippen molar-refractivity contribution in [3.8, 4) is 0 Å². The Morgan fingerprint density at radius 1 is 1.22 bits per heavy atom. The van der Waals surface area contributed by atoms with Crippen molar-refractivity contribution in [1.29, 1.82) is 0 Å². The van der Waals surface area contributed by atoms with Crippen molar-refractivity contribution in [3.05, 3.63) is 34.8 Å². The fourth-order valence-corrected chi connectivity index (χ4v) is 3.35. The van der Waals surface area contributed by atoms with Crippen molar-refractivity contribution in [2.24, 2.45) is 0 Å². The molecule has 116 valence electrons. The second-order valence-electron chi connectivity index (χ2n) is 5.05. The molecule has 0 aromatic carbocycles. The van der Waals surface area contributed by atoms with Crippen LogP contribution in [-0.2, 0) is 0 Å². The Hall–Kier alpha value is -2.94. The Labute approximate surface area is 135 Å². The van der Waals surface area contributed by atoms with Crippen LogP contribution in [0.4, 0.5) is 29.0 Å². The Morgan fingerprint density at radius 2 is 2.09 bits per heavy atom. The first-order valence-corrected chi connectivity index (χ1v) is 7.76. The number of carbonyl (C=O) groups excluding carboxylic acids is 1. The molecule has 0 aliphatic carbocycles. The Bertz CT molecular complexity index is 873. The number of anilines is 5. The first-order valence-electron chi connectivity index (χ1n) is 6.88. The zero-order valence-electron chi connectivity index (χ0n) is 12.4. The number of hydrogen-bond acceptors (Lipinski definition) is 7. The number of aromatic amines is 1. The molecular formula is C14H13N7OS. The third-order valence-corrected chi connectivity index (χ3v) is 4.57. The number of fused-ring (bicyclic) bond motifs is 2. The average molecular weight is 327 g/mol. The molecule has 0 saturated carbocycles. The van der Waals surface area contributed by atoms with E-state index in [4.69, 9.17) is 0 Å². The van der Waals surface area contributed by atoms with Crippen molar-refractivity contribution < 1.29 is 4.79 Å². The van der Waals surface area contributed by atoms with Gasteiger partial charge in [0.05, 0.1) is 11.9 Å². The lowest BCUT2D eigenvalue weighted by Crippen LogP contribution is -2.25. The molecule has 9 heteroatoms. The maximum absolute atomic E-state index is 12.6. The van der Waals surface area contributed by atoms with E-state index < -0.39 is 0 Å². The maximum Gasteiger partial charge on any atom is 0.270 e. The van der Waals surface area contributed by atoms with Gasteiger partial charge in [-0.3, -0.25) is 9.89 Å². The van der Waals surface area contributed by atoms with Crippen molar-refractivity contribution in [2.45, 2.75) is 0 Å². The minimum absolute atomic E-state index is 0.0581. The summed E-state index contributed by atoms with van der Waals surface area (Å²) >= 11 is 1.42. The first kappa shape index (κ1) is 13.7. The molecule has 0 saturated heterocycles. The van der Waals surface area contributed by atoms with E-state index in [1.54, 1.807) is 30.4 Å². The summed E-state index contributed by atoms with van der Waals surface area (Å²) in [5.74, 6) is 1.65. The lowest BCUT2D eigenvalue weighted by molar-refractivity contribution is 0.0998. The van der Waals surface area contributed by atoms with E-state index in [9.17, 15) is 4.79 Å². The van der Waals surface area contributed by atoms with E-state index in [0.717, 1.165) is 5.69 Å². The zero-order valence-corrected chi connectivity index (χ0v) is 13.3. The number of aromatic nitrogens is 4. The van der Waals surface area contributed by atoms with Crippen LogP contribution < -0.4 is 15.1 Å². The van der Waals surface area contributed by atoms with Crippen LogP contribution in [0.3, 0.4) is 0 Å². The van der Waals surface area contributed by atoms with Crippen molar-refractivity contribution in [1.82, 2.24) is 20.2 Å². The highest BCUT2D eigenvalue weighted by Crippen LogP contribution is 2.40. The van der Waals surface area contributed by atoms with Gasteiger partial charge in [0.1, 0.15) is 10.6 Å². The molecule has 3 aromatic heterocycles. The Balaban J connectivity index is 1.81. The molecule has 1 amide bonds. The van der Waals surface area contributed by atoms with Gasteiger partial charge in [0, 0.05) is 26.4 Å². The Kier molecular flexibility index (Phi) is 3.01. The molecule has 4 heterocycles. The largest absolute Gasteiger partial charge is 0.326 e. The van der Waals surface area contributed by atoms with Crippen LogP contribution in [0, 0.1) is 0 Å². The number of nitrogens with zero attached hydrogens (tertiary/aromatic N) is 5. The summed E-state index contributed by atoms with van der Waals surface area (Å²) in [5, 5.41) is 11.7. The predicted molar refractivity (Wildman–Crippen MR) is 89.0 cm³/mol. The summed E-state index contributed by atoms with van der Waals surface area (Å²) in [6.45, 7) is 0. The highest BCUT2D eigenvalue weighted by molar-refractivity contribution is 7.12. The third kappa shape index (κ3) is 2.13. The topological polar surface area (TPSA) is 90.0 Å². The normalized spacial score (nSPS) is 13.6. The van der Waals surface area contributed by atoms with Crippen LogP contribution >= 0.6 is 11.3 Å². The highest BCUT2D eigenvalue weighted by Gasteiger charge is 2.30. The minimum atomic E-state index is -0.0581. The summed E-state index contributed by atoms with van der Waals surface area (Å²) < 4.78 is 0. The predicted octanol–water partition coefficient (Wildman–Crippen LogP) is 2.36. The summed E-state index contributed by atoms with van der Waals surface area (Å²) in [6, 6.07) is 3.70. The van der Waals surface area contributed by atoms with Gasteiger partial charge in [-0.1, -0.05) is 0 Å². The fourth-order valence-electron chi connectivity index (χ4n) is 2.46. The van der Waals surface area contributed by atoms with Gasteiger partial charge in [-0.15, -0.1) is 11.3 Å². The molecule has 0 unspecified atom stereocenters. The van der Waals surface area contributed by atoms with E-state index >= 15 is 0 Å². The lowest BCUT2D eigenvalue weighted by atomic mass is 10.3. The average Bonchev–Trinajstić information content (AvgIpc) is 3.22. The van der Waals surface area contributed by atoms with Crippen LogP contribution in [0.2, 0.25) is 0 Å². The quantitative estimate of drug-likeness (QED) is 0.751. The summed E-state index contributed by atoms with van der Waals surface area (Å²) in [6.07, 6.45) is 3.35. The van der Waals surface area contributed by atoms with Crippen molar-refractivity contribution in [3.63, 3.8) is 0 Å². The van der Waals surface area contributed by atoms with Crippen LogP contribution in [0.1, 0.15) is 9.67 Å². The van der Waals surface area contributed by atoms with Crippen molar-refractivity contribution in [2.75, 3.05) is 29.2 Å². The van der Waals surface area contributed by atoms with Gasteiger partial charge >= 0.3 is 0 Å². The summed E-state index contributed by atoms with van der Waals surface area (Å²) in [4.78, 5) is 25.6. The molecule has 0 bridgehead atoms. The number of thiophene rings is 1. The van der Waals surface area contributed by atoms with Crippen molar-refractivity contribution >= 4 is 46.2 Å². The molecule has 4 rings (SSSR count). The number of amides is 1. The fraction of sp³-hybridized carbons (Fsp3) is 0.143. The van der Waals surface area contributed by atoms with Gasteiger partial charge in [0.25, 0.3) is 5.91 Å². The molecule has 3 aromatic rings. The van der Waals surface area contributed by atoms with Gasteiger partial charge in [-0.05, 0) is 11.4 Å². The molecule has 23 heavy (non-hydrogen) atoms. The van der Waals surface area contributed by atoms with E-state index in [-0.39, 0.29) is 5.91 Å². The molecule has 1 aliphatic rings. The standard InChI is InChI=1S/C14H13N7OS/c1-20-8-4-6-23-11(8)13(22)21(2)9-7-15-14(18-12(9)20)17-10-3-5-16-19-10/h3-7H,1-2H3,(H2,15,16,17,18,19). The van der Waals surface area contributed by atoms with Gasteiger partial charge in [0.2, 0.25) is 5.95 Å².